The topological polar surface area (TPSA) is 90.0 Å². The van der Waals surface area contributed by atoms with Crippen molar-refractivity contribution in [2.75, 3.05) is 73.4 Å². The molecule has 0 saturated carbocycles. The molecule has 5 rings (SSSR count). The number of nitrogens with zero attached hydrogens (tertiary/aromatic N) is 3. The van der Waals surface area contributed by atoms with Crippen LogP contribution in [0.5, 0.6) is 23.0 Å². The number of benzene rings is 2. The van der Waals surface area contributed by atoms with Crippen molar-refractivity contribution in [2.24, 2.45) is 0 Å². The Hall–Kier alpha value is -3.50. The van der Waals surface area contributed by atoms with E-state index in [9.17, 15) is 9.59 Å². The molecule has 198 valence electrons. The number of carbonyl (C=O) groups excluding carboxylic acids is 2. The summed E-state index contributed by atoms with van der Waals surface area (Å²) in [6.07, 6.45) is 0.783. The van der Waals surface area contributed by atoms with Crippen LogP contribution in [-0.4, -0.2) is 106 Å². The molecule has 0 spiro atoms. The summed E-state index contributed by atoms with van der Waals surface area (Å²) in [5.41, 5.74) is 1.17. The number of fused-ring (bicyclic) bond motifs is 1. The van der Waals surface area contributed by atoms with Crippen LogP contribution in [0.2, 0.25) is 0 Å². The van der Waals surface area contributed by atoms with Crippen LogP contribution in [0.3, 0.4) is 0 Å². The lowest BCUT2D eigenvalue weighted by Gasteiger charge is -2.35. The van der Waals surface area contributed by atoms with Gasteiger partial charge in [-0.05, 0) is 49.4 Å². The van der Waals surface area contributed by atoms with Gasteiger partial charge < -0.3 is 33.5 Å². The minimum Gasteiger partial charge on any atom is -0.493 e. The summed E-state index contributed by atoms with van der Waals surface area (Å²) in [4.78, 5) is 32.3. The molecule has 2 saturated heterocycles. The first kappa shape index (κ1) is 25.2. The van der Waals surface area contributed by atoms with Crippen molar-refractivity contribution < 1.29 is 33.3 Å². The van der Waals surface area contributed by atoms with Crippen LogP contribution in [0.15, 0.2) is 36.4 Å². The number of amides is 2. The Morgan fingerprint density at radius 3 is 2.43 bits per heavy atom. The highest BCUT2D eigenvalue weighted by Crippen LogP contribution is 2.33. The molecule has 0 bridgehead atoms. The molecule has 0 aliphatic carbocycles. The van der Waals surface area contributed by atoms with E-state index >= 15 is 0 Å². The van der Waals surface area contributed by atoms with Gasteiger partial charge in [0.2, 0.25) is 6.79 Å². The number of ether oxygens (including phenoxy) is 5. The fourth-order valence-corrected chi connectivity index (χ4v) is 5.02. The van der Waals surface area contributed by atoms with Crippen molar-refractivity contribution in [3.05, 3.63) is 47.5 Å². The number of hydrogen-bond acceptors (Lipinski definition) is 8. The van der Waals surface area contributed by atoms with Crippen LogP contribution in [-0.2, 0) is 4.74 Å². The first-order valence-electron chi connectivity index (χ1n) is 12.6. The number of hydrogen-bond donors (Lipinski definition) is 0. The second-order valence-electron chi connectivity index (χ2n) is 9.33. The smallest absolute Gasteiger partial charge is 0.254 e. The molecule has 10 nitrogen and oxygen atoms in total. The van der Waals surface area contributed by atoms with Crippen molar-refractivity contribution in [3.63, 3.8) is 0 Å². The first-order chi connectivity index (χ1) is 18.1. The zero-order valence-electron chi connectivity index (χ0n) is 21.3. The van der Waals surface area contributed by atoms with E-state index in [0.717, 1.165) is 19.5 Å². The molecule has 2 fully saturated rings. The largest absolute Gasteiger partial charge is 0.493 e. The molecule has 2 aromatic rings. The summed E-state index contributed by atoms with van der Waals surface area (Å²) < 4.78 is 27.4. The van der Waals surface area contributed by atoms with E-state index in [4.69, 9.17) is 23.7 Å². The van der Waals surface area contributed by atoms with Crippen LogP contribution in [0.1, 0.15) is 27.1 Å². The van der Waals surface area contributed by atoms with Crippen molar-refractivity contribution in [3.8, 4) is 23.0 Å². The third kappa shape index (κ3) is 5.60. The molecule has 2 aromatic carbocycles. The minimum atomic E-state index is -0.0835. The van der Waals surface area contributed by atoms with E-state index in [1.165, 1.54) is 0 Å². The van der Waals surface area contributed by atoms with Gasteiger partial charge in [0.1, 0.15) is 0 Å². The van der Waals surface area contributed by atoms with Crippen molar-refractivity contribution >= 4 is 11.8 Å². The van der Waals surface area contributed by atoms with Crippen LogP contribution >= 0.6 is 0 Å². The van der Waals surface area contributed by atoms with E-state index in [-0.39, 0.29) is 24.7 Å². The average molecular weight is 512 g/mol. The highest BCUT2D eigenvalue weighted by molar-refractivity contribution is 5.95. The fraction of sp³-hybridized carbons (Fsp3) is 0.481. The highest BCUT2D eigenvalue weighted by atomic mass is 16.7. The van der Waals surface area contributed by atoms with Gasteiger partial charge in [-0.2, -0.15) is 0 Å². The normalized spacial score (nSPS) is 19.9. The lowest BCUT2D eigenvalue weighted by atomic mass is 10.1. The Balaban J connectivity index is 1.15. The van der Waals surface area contributed by atoms with Crippen LogP contribution in [0, 0.1) is 0 Å². The van der Waals surface area contributed by atoms with Crippen LogP contribution in [0.4, 0.5) is 0 Å². The van der Waals surface area contributed by atoms with Crippen LogP contribution in [0.25, 0.3) is 0 Å². The van der Waals surface area contributed by atoms with Gasteiger partial charge in [-0.15, -0.1) is 0 Å². The zero-order chi connectivity index (χ0) is 25.8. The summed E-state index contributed by atoms with van der Waals surface area (Å²) >= 11 is 0. The zero-order valence-corrected chi connectivity index (χ0v) is 21.3. The summed E-state index contributed by atoms with van der Waals surface area (Å²) in [6, 6.07) is 10.6. The van der Waals surface area contributed by atoms with E-state index in [1.807, 2.05) is 9.80 Å². The van der Waals surface area contributed by atoms with Gasteiger partial charge >= 0.3 is 0 Å². The maximum Gasteiger partial charge on any atom is 0.254 e. The minimum absolute atomic E-state index is 0.0165. The molecule has 3 heterocycles. The highest BCUT2D eigenvalue weighted by Gasteiger charge is 2.29. The first-order valence-corrected chi connectivity index (χ1v) is 12.6. The lowest BCUT2D eigenvalue weighted by molar-refractivity contribution is -0.0353. The Bertz CT molecular complexity index is 1140. The van der Waals surface area contributed by atoms with Crippen LogP contribution < -0.4 is 18.9 Å². The van der Waals surface area contributed by atoms with Crippen molar-refractivity contribution in [1.29, 1.82) is 0 Å². The maximum absolute atomic E-state index is 13.2. The Morgan fingerprint density at radius 2 is 1.59 bits per heavy atom. The van der Waals surface area contributed by atoms with Crippen molar-refractivity contribution in [1.82, 2.24) is 14.7 Å². The Morgan fingerprint density at radius 1 is 0.838 bits per heavy atom. The predicted molar refractivity (Wildman–Crippen MR) is 135 cm³/mol. The standard InChI is InChI=1S/C27H33N3O7/c1-33-22-6-4-19(14-24(22)34-2)26(31)29-9-3-8-28(10-11-29)16-21-17-30(12-13-35-21)27(32)20-5-7-23-25(15-20)37-18-36-23/h4-7,14-15,21H,3,8-13,16-18H2,1-2H3. The van der Waals surface area contributed by atoms with Gasteiger partial charge in [-0.3, -0.25) is 14.5 Å². The van der Waals surface area contributed by atoms with E-state index in [1.54, 1.807) is 50.6 Å². The third-order valence-electron chi connectivity index (χ3n) is 7.01. The summed E-state index contributed by atoms with van der Waals surface area (Å²) in [5, 5.41) is 0. The fourth-order valence-electron chi connectivity index (χ4n) is 5.02. The maximum atomic E-state index is 13.2. The second kappa shape index (κ2) is 11.3. The van der Waals surface area contributed by atoms with Gasteiger partial charge in [0, 0.05) is 50.4 Å². The second-order valence-corrected chi connectivity index (χ2v) is 9.33. The van der Waals surface area contributed by atoms with Gasteiger partial charge in [0.25, 0.3) is 11.8 Å². The molecule has 0 radical (unpaired) electrons. The Kier molecular flexibility index (Phi) is 7.66. The SMILES string of the molecule is COc1ccc(C(=O)N2CCCN(CC3CN(C(=O)c4ccc5c(c4)OCO5)CCO3)CC2)cc1OC. The van der Waals surface area contributed by atoms with Gasteiger partial charge in [-0.1, -0.05) is 0 Å². The summed E-state index contributed by atoms with van der Waals surface area (Å²) in [7, 11) is 3.14. The van der Waals surface area contributed by atoms with E-state index in [2.05, 4.69) is 4.90 Å². The van der Waals surface area contributed by atoms with Gasteiger partial charge in [-0.25, -0.2) is 0 Å². The average Bonchev–Trinajstić information content (AvgIpc) is 3.29. The number of carbonyl (C=O) groups is 2. The third-order valence-corrected chi connectivity index (χ3v) is 7.01. The lowest BCUT2D eigenvalue weighted by Crippen LogP contribution is -2.50. The summed E-state index contributed by atoms with van der Waals surface area (Å²) in [6.45, 7) is 5.39. The molecule has 3 aliphatic heterocycles. The quantitative estimate of drug-likeness (QED) is 0.583. The summed E-state index contributed by atoms with van der Waals surface area (Å²) in [5.74, 6) is 2.36. The molecular weight excluding hydrogens is 478 g/mol. The molecule has 3 aliphatic rings. The number of rotatable bonds is 6. The van der Waals surface area contributed by atoms with Gasteiger partial charge in [0.15, 0.2) is 23.0 Å². The molecule has 10 heteroatoms. The molecular formula is C27H33N3O7. The Labute approximate surface area is 216 Å². The monoisotopic (exact) mass is 511 g/mol. The van der Waals surface area contributed by atoms with Gasteiger partial charge in [0.05, 0.1) is 26.9 Å². The number of morpholine rings is 1. The molecule has 2 amide bonds. The number of methoxy groups -OCH3 is 2. The molecule has 0 N–H and O–H groups in total. The van der Waals surface area contributed by atoms with Crippen molar-refractivity contribution in [2.45, 2.75) is 12.5 Å². The molecule has 1 atom stereocenters. The molecule has 0 aromatic heterocycles. The molecule has 1 unspecified atom stereocenters. The van der Waals surface area contributed by atoms with E-state index < -0.39 is 0 Å². The predicted octanol–water partition coefficient (Wildman–Crippen LogP) is 2.12. The van der Waals surface area contributed by atoms with E-state index in [0.29, 0.717) is 73.5 Å². The molecule has 37 heavy (non-hydrogen) atoms.